The summed E-state index contributed by atoms with van der Waals surface area (Å²) in [6.45, 7) is 6.49. The maximum absolute atomic E-state index is 12.8. The molecule has 1 saturated heterocycles. The predicted molar refractivity (Wildman–Crippen MR) is 70.1 cm³/mol. The van der Waals surface area contributed by atoms with Crippen LogP contribution < -0.4 is 5.32 Å². The number of hydrogen-bond donors (Lipinski definition) is 1. The predicted octanol–water partition coefficient (Wildman–Crippen LogP) is 3.18. The highest BCUT2D eigenvalue weighted by Gasteiger charge is 2.47. The summed E-state index contributed by atoms with van der Waals surface area (Å²) in [5, 5.41) is 3.56. The second-order valence-electron chi connectivity index (χ2n) is 7.27. The van der Waals surface area contributed by atoms with Gasteiger partial charge in [-0.2, -0.15) is 13.2 Å². The molecule has 1 N–H and O–H groups in total. The van der Waals surface area contributed by atoms with Crippen LogP contribution in [0, 0.1) is 5.41 Å². The molecule has 2 fully saturated rings. The van der Waals surface area contributed by atoms with Crippen LogP contribution in [0.25, 0.3) is 0 Å². The van der Waals surface area contributed by atoms with Crippen molar-refractivity contribution in [1.82, 2.24) is 10.2 Å². The van der Waals surface area contributed by atoms with Gasteiger partial charge >= 0.3 is 6.18 Å². The van der Waals surface area contributed by atoms with E-state index in [2.05, 4.69) is 5.32 Å². The van der Waals surface area contributed by atoms with Crippen LogP contribution in [0.5, 0.6) is 0 Å². The third-order valence-corrected chi connectivity index (χ3v) is 4.56. The molecular weight excluding hydrogens is 253 g/mol. The van der Waals surface area contributed by atoms with E-state index in [1.54, 1.807) is 4.90 Å². The first-order valence-electron chi connectivity index (χ1n) is 7.17. The molecule has 0 bridgehead atoms. The van der Waals surface area contributed by atoms with Gasteiger partial charge in [-0.05, 0) is 18.3 Å². The van der Waals surface area contributed by atoms with E-state index in [0.717, 1.165) is 25.7 Å². The Kier molecular flexibility index (Phi) is 3.91. The van der Waals surface area contributed by atoms with Crippen molar-refractivity contribution in [3.63, 3.8) is 0 Å². The van der Waals surface area contributed by atoms with Crippen molar-refractivity contribution in [3.8, 4) is 0 Å². The van der Waals surface area contributed by atoms with E-state index < -0.39 is 12.7 Å². The fourth-order valence-electron chi connectivity index (χ4n) is 3.63. The number of halogens is 3. The highest BCUT2D eigenvalue weighted by Crippen LogP contribution is 2.37. The van der Waals surface area contributed by atoms with Crippen LogP contribution in [0.4, 0.5) is 13.2 Å². The van der Waals surface area contributed by atoms with Gasteiger partial charge in [-0.25, -0.2) is 0 Å². The van der Waals surface area contributed by atoms with E-state index in [0.29, 0.717) is 13.1 Å². The maximum Gasteiger partial charge on any atom is 0.401 e. The molecule has 0 amide bonds. The second-order valence-corrected chi connectivity index (χ2v) is 7.27. The van der Waals surface area contributed by atoms with E-state index in [1.165, 1.54) is 0 Å². The average Bonchev–Trinajstić information content (AvgIpc) is 2.61. The lowest BCUT2D eigenvalue weighted by Gasteiger charge is -2.50. The van der Waals surface area contributed by atoms with Crippen molar-refractivity contribution < 1.29 is 13.2 Å². The van der Waals surface area contributed by atoms with Crippen molar-refractivity contribution in [2.24, 2.45) is 5.41 Å². The maximum atomic E-state index is 12.8. The van der Waals surface area contributed by atoms with Gasteiger partial charge in [0.25, 0.3) is 0 Å². The van der Waals surface area contributed by atoms with Crippen LogP contribution in [-0.4, -0.2) is 42.3 Å². The molecule has 2 aliphatic rings. The van der Waals surface area contributed by atoms with Crippen molar-refractivity contribution in [2.75, 3.05) is 19.6 Å². The molecule has 112 valence electrons. The zero-order valence-electron chi connectivity index (χ0n) is 12.1. The van der Waals surface area contributed by atoms with Gasteiger partial charge in [0.2, 0.25) is 0 Å². The zero-order chi connectivity index (χ0) is 14.3. The third-order valence-electron chi connectivity index (χ3n) is 4.56. The van der Waals surface area contributed by atoms with Crippen molar-refractivity contribution in [3.05, 3.63) is 0 Å². The summed E-state index contributed by atoms with van der Waals surface area (Å²) in [5.74, 6) is 0. The van der Waals surface area contributed by atoms with Gasteiger partial charge in [0.15, 0.2) is 0 Å². The number of alkyl halides is 3. The number of nitrogens with zero attached hydrogens (tertiary/aromatic N) is 1. The lowest BCUT2D eigenvalue weighted by molar-refractivity contribution is -0.162. The molecule has 2 nitrogen and oxygen atoms in total. The van der Waals surface area contributed by atoms with Crippen LogP contribution in [0.3, 0.4) is 0 Å². The Morgan fingerprint density at radius 2 is 1.74 bits per heavy atom. The average molecular weight is 278 g/mol. The molecule has 1 spiro atoms. The minimum Gasteiger partial charge on any atom is -0.308 e. The van der Waals surface area contributed by atoms with Gasteiger partial charge < -0.3 is 5.32 Å². The number of rotatable bonds is 1. The summed E-state index contributed by atoms with van der Waals surface area (Å²) in [6, 6.07) is -0.0552. The smallest absolute Gasteiger partial charge is 0.308 e. The van der Waals surface area contributed by atoms with E-state index in [1.807, 2.05) is 20.8 Å². The lowest BCUT2D eigenvalue weighted by atomic mass is 9.81. The van der Waals surface area contributed by atoms with Gasteiger partial charge in [0.1, 0.15) is 0 Å². The van der Waals surface area contributed by atoms with Gasteiger partial charge in [0, 0.05) is 24.7 Å². The first-order valence-corrected chi connectivity index (χ1v) is 7.17. The van der Waals surface area contributed by atoms with Crippen LogP contribution in [0.15, 0.2) is 0 Å². The third kappa shape index (κ3) is 3.63. The summed E-state index contributed by atoms with van der Waals surface area (Å²) >= 11 is 0. The summed E-state index contributed by atoms with van der Waals surface area (Å²) in [7, 11) is 0. The SMILES string of the molecule is CC(C)(C)C1CNC2(CCCC2)CN1CC(F)(F)F. The number of piperazine rings is 1. The lowest BCUT2D eigenvalue weighted by Crippen LogP contribution is -2.67. The quantitative estimate of drug-likeness (QED) is 0.792. The Bertz CT molecular complexity index is 314. The summed E-state index contributed by atoms with van der Waals surface area (Å²) in [5.41, 5.74) is -0.203. The van der Waals surface area contributed by atoms with E-state index in [9.17, 15) is 13.2 Å². The molecule has 1 atom stereocenters. The minimum absolute atomic E-state index is 0.0552. The Labute approximate surface area is 113 Å². The molecule has 1 heterocycles. The van der Waals surface area contributed by atoms with Gasteiger partial charge in [-0.3, -0.25) is 4.90 Å². The van der Waals surface area contributed by atoms with Crippen LogP contribution in [0.2, 0.25) is 0 Å². The fraction of sp³-hybridized carbons (Fsp3) is 1.00. The highest BCUT2D eigenvalue weighted by atomic mass is 19.4. The van der Waals surface area contributed by atoms with Crippen molar-refractivity contribution >= 4 is 0 Å². The standard InChI is InChI=1S/C14H25F3N2/c1-12(2,3)11-8-18-13(6-4-5-7-13)9-19(11)10-14(15,16)17/h11,18H,4-10H2,1-3H3. The van der Waals surface area contributed by atoms with Crippen LogP contribution in [-0.2, 0) is 0 Å². The molecule has 0 aromatic rings. The van der Waals surface area contributed by atoms with Gasteiger partial charge in [0.05, 0.1) is 6.54 Å². The number of hydrogen-bond acceptors (Lipinski definition) is 2. The molecule has 19 heavy (non-hydrogen) atoms. The monoisotopic (exact) mass is 278 g/mol. The molecular formula is C14H25F3N2. The Morgan fingerprint density at radius 3 is 2.21 bits per heavy atom. The molecule has 2 rings (SSSR count). The summed E-state index contributed by atoms with van der Waals surface area (Å²) in [4.78, 5) is 1.67. The molecule has 0 aromatic carbocycles. The fourth-order valence-corrected chi connectivity index (χ4v) is 3.63. The van der Waals surface area contributed by atoms with E-state index >= 15 is 0 Å². The summed E-state index contributed by atoms with van der Waals surface area (Å²) < 4.78 is 38.4. The van der Waals surface area contributed by atoms with E-state index in [-0.39, 0.29) is 17.0 Å². The number of nitrogens with one attached hydrogen (secondary N) is 1. The Balaban J connectivity index is 2.14. The van der Waals surface area contributed by atoms with E-state index in [4.69, 9.17) is 0 Å². The molecule has 1 aliphatic carbocycles. The van der Waals surface area contributed by atoms with Crippen molar-refractivity contribution in [1.29, 1.82) is 0 Å². The Hall–Kier alpha value is -0.290. The second kappa shape index (κ2) is 4.92. The normalized spacial score (nSPS) is 29.1. The first-order chi connectivity index (χ1) is 8.61. The van der Waals surface area contributed by atoms with Crippen LogP contribution >= 0.6 is 0 Å². The molecule has 0 aromatic heterocycles. The van der Waals surface area contributed by atoms with Crippen LogP contribution in [0.1, 0.15) is 46.5 Å². The Morgan fingerprint density at radius 1 is 1.16 bits per heavy atom. The highest BCUT2D eigenvalue weighted by molar-refractivity contribution is 5.03. The largest absolute Gasteiger partial charge is 0.401 e. The first kappa shape index (κ1) is 15.1. The summed E-state index contributed by atoms with van der Waals surface area (Å²) in [6.07, 6.45) is 0.178. The topological polar surface area (TPSA) is 15.3 Å². The van der Waals surface area contributed by atoms with Crippen molar-refractivity contribution in [2.45, 2.75) is 64.2 Å². The molecule has 1 saturated carbocycles. The molecule has 0 radical (unpaired) electrons. The van der Waals surface area contributed by atoms with Gasteiger partial charge in [-0.1, -0.05) is 33.6 Å². The molecule has 1 aliphatic heterocycles. The molecule has 5 heteroatoms. The minimum atomic E-state index is -4.11. The van der Waals surface area contributed by atoms with Gasteiger partial charge in [-0.15, -0.1) is 0 Å². The zero-order valence-corrected chi connectivity index (χ0v) is 12.1. The molecule has 1 unspecified atom stereocenters.